The molecule has 0 saturated carbocycles. The predicted molar refractivity (Wildman–Crippen MR) is 69.7 cm³/mol. The minimum atomic E-state index is -0.277. The summed E-state index contributed by atoms with van der Waals surface area (Å²) in [6, 6.07) is 3.85. The van der Waals surface area contributed by atoms with Gasteiger partial charge in [-0.2, -0.15) is 11.8 Å². The number of carbonyl (C=O) groups excluding carboxylic acids is 1. The molecule has 0 spiro atoms. The van der Waals surface area contributed by atoms with E-state index in [9.17, 15) is 15.0 Å². The highest BCUT2D eigenvalue weighted by molar-refractivity contribution is 7.98. The molecule has 0 aliphatic carbocycles. The van der Waals surface area contributed by atoms with Crippen LogP contribution in [-0.2, 0) is 0 Å². The number of hydrogen-bond donors (Lipinski definition) is 3. The number of phenols is 2. The van der Waals surface area contributed by atoms with Crippen molar-refractivity contribution in [2.24, 2.45) is 0 Å². The van der Waals surface area contributed by atoms with Crippen LogP contribution in [0.1, 0.15) is 23.2 Å². The molecule has 0 fully saturated rings. The molecule has 0 aromatic heterocycles. The zero-order chi connectivity index (χ0) is 12.7. The molecular formula is C12H17NO3S. The number of nitrogens with one attached hydrogen (secondary N) is 1. The van der Waals surface area contributed by atoms with Crippen LogP contribution >= 0.6 is 11.8 Å². The molecule has 0 atom stereocenters. The number of thioether (sulfide) groups is 1. The van der Waals surface area contributed by atoms with E-state index in [2.05, 4.69) is 5.32 Å². The summed E-state index contributed by atoms with van der Waals surface area (Å²) in [6.45, 7) is 0.607. The van der Waals surface area contributed by atoms with Gasteiger partial charge in [-0.05, 0) is 37.0 Å². The van der Waals surface area contributed by atoms with Crippen molar-refractivity contribution in [3.63, 3.8) is 0 Å². The number of benzene rings is 1. The van der Waals surface area contributed by atoms with Gasteiger partial charge in [0.1, 0.15) is 11.5 Å². The topological polar surface area (TPSA) is 69.6 Å². The average molecular weight is 255 g/mol. The van der Waals surface area contributed by atoms with Gasteiger partial charge < -0.3 is 15.5 Å². The number of hydrogen-bond acceptors (Lipinski definition) is 4. The second kappa shape index (κ2) is 7.06. The van der Waals surface area contributed by atoms with Crippen molar-refractivity contribution in [2.75, 3.05) is 18.6 Å². The molecule has 0 saturated heterocycles. The molecule has 3 N–H and O–H groups in total. The molecule has 0 aliphatic heterocycles. The Kier molecular flexibility index (Phi) is 5.69. The van der Waals surface area contributed by atoms with E-state index in [1.54, 1.807) is 11.8 Å². The summed E-state index contributed by atoms with van der Waals surface area (Å²) in [5.74, 6) is 0.582. The van der Waals surface area contributed by atoms with Crippen LogP contribution in [0, 0.1) is 0 Å². The fourth-order valence-electron chi connectivity index (χ4n) is 1.40. The van der Waals surface area contributed by atoms with Crippen molar-refractivity contribution in [1.82, 2.24) is 5.32 Å². The Morgan fingerprint density at radius 1 is 1.24 bits per heavy atom. The van der Waals surface area contributed by atoms with E-state index in [-0.39, 0.29) is 23.0 Å². The summed E-state index contributed by atoms with van der Waals surface area (Å²) in [5, 5.41) is 21.2. The molecule has 4 nitrogen and oxygen atoms in total. The second-order valence-corrected chi connectivity index (χ2v) is 4.68. The van der Waals surface area contributed by atoms with Gasteiger partial charge >= 0.3 is 0 Å². The van der Waals surface area contributed by atoms with E-state index in [1.165, 1.54) is 18.2 Å². The molecular weight excluding hydrogens is 238 g/mol. The molecule has 94 valence electrons. The van der Waals surface area contributed by atoms with Gasteiger partial charge in [-0.15, -0.1) is 0 Å². The lowest BCUT2D eigenvalue weighted by Crippen LogP contribution is -2.24. The number of carbonyl (C=O) groups is 1. The molecule has 0 radical (unpaired) electrons. The first-order valence-corrected chi connectivity index (χ1v) is 6.83. The second-order valence-electron chi connectivity index (χ2n) is 3.69. The lowest BCUT2D eigenvalue weighted by Gasteiger charge is -2.05. The maximum Gasteiger partial charge on any atom is 0.251 e. The highest BCUT2D eigenvalue weighted by Gasteiger charge is 2.07. The third-order valence-electron chi connectivity index (χ3n) is 2.23. The summed E-state index contributed by atoms with van der Waals surface area (Å²) in [6.07, 6.45) is 4.04. The normalized spacial score (nSPS) is 10.2. The van der Waals surface area contributed by atoms with Gasteiger partial charge in [0.15, 0.2) is 0 Å². The summed E-state index contributed by atoms with van der Waals surface area (Å²) in [7, 11) is 0. The van der Waals surface area contributed by atoms with Gasteiger partial charge in [0.05, 0.1) is 0 Å². The summed E-state index contributed by atoms with van der Waals surface area (Å²) in [5.41, 5.74) is 0.271. The third-order valence-corrected chi connectivity index (χ3v) is 2.92. The number of amides is 1. The maximum absolute atomic E-state index is 11.6. The molecule has 1 aromatic carbocycles. The first-order chi connectivity index (χ1) is 8.13. The van der Waals surface area contributed by atoms with Crippen LogP contribution in [0.25, 0.3) is 0 Å². The van der Waals surface area contributed by atoms with Crippen molar-refractivity contribution in [2.45, 2.75) is 12.8 Å². The summed E-state index contributed by atoms with van der Waals surface area (Å²) >= 11 is 1.78. The fourth-order valence-corrected chi connectivity index (χ4v) is 1.89. The van der Waals surface area contributed by atoms with E-state index >= 15 is 0 Å². The molecule has 1 amide bonds. The van der Waals surface area contributed by atoms with Gasteiger partial charge in [-0.3, -0.25) is 4.79 Å². The molecule has 1 rings (SSSR count). The van der Waals surface area contributed by atoms with Gasteiger partial charge in [0, 0.05) is 18.2 Å². The molecule has 17 heavy (non-hydrogen) atoms. The Balaban J connectivity index is 2.41. The number of unbranched alkanes of at least 4 members (excludes halogenated alkanes) is 1. The van der Waals surface area contributed by atoms with Crippen LogP contribution in [0.5, 0.6) is 11.5 Å². The molecule has 1 aromatic rings. The van der Waals surface area contributed by atoms with E-state index in [1.807, 2.05) is 6.26 Å². The number of rotatable bonds is 6. The van der Waals surface area contributed by atoms with E-state index < -0.39 is 0 Å². The quantitative estimate of drug-likeness (QED) is 0.680. The SMILES string of the molecule is CSCCCCNC(=O)c1cc(O)cc(O)c1. The lowest BCUT2D eigenvalue weighted by molar-refractivity contribution is 0.0952. The zero-order valence-corrected chi connectivity index (χ0v) is 10.6. The van der Waals surface area contributed by atoms with Crippen molar-refractivity contribution >= 4 is 17.7 Å². The van der Waals surface area contributed by atoms with Crippen LogP contribution in [0.3, 0.4) is 0 Å². The third kappa shape index (κ3) is 4.99. The number of aromatic hydroxyl groups is 2. The average Bonchev–Trinajstić information content (AvgIpc) is 2.27. The molecule has 0 heterocycles. The van der Waals surface area contributed by atoms with Gasteiger partial charge in [0.2, 0.25) is 0 Å². The smallest absolute Gasteiger partial charge is 0.251 e. The fraction of sp³-hybridized carbons (Fsp3) is 0.417. The molecule has 0 unspecified atom stereocenters. The lowest BCUT2D eigenvalue weighted by atomic mass is 10.2. The minimum Gasteiger partial charge on any atom is -0.508 e. The molecule has 0 bridgehead atoms. The summed E-state index contributed by atoms with van der Waals surface area (Å²) in [4.78, 5) is 11.6. The first kappa shape index (κ1) is 13.7. The largest absolute Gasteiger partial charge is 0.508 e. The maximum atomic E-state index is 11.6. The van der Waals surface area contributed by atoms with Crippen LogP contribution in [-0.4, -0.2) is 34.7 Å². The van der Waals surface area contributed by atoms with Crippen LogP contribution in [0.15, 0.2) is 18.2 Å². The predicted octanol–water partition coefficient (Wildman–Crippen LogP) is 1.97. The Labute approximate surface area is 105 Å². The monoisotopic (exact) mass is 255 g/mol. The summed E-state index contributed by atoms with van der Waals surface area (Å²) < 4.78 is 0. The van der Waals surface area contributed by atoms with Crippen LogP contribution in [0.2, 0.25) is 0 Å². The Morgan fingerprint density at radius 2 is 1.88 bits per heavy atom. The van der Waals surface area contributed by atoms with Gasteiger partial charge in [-0.1, -0.05) is 0 Å². The van der Waals surface area contributed by atoms with Crippen LogP contribution < -0.4 is 5.32 Å². The van der Waals surface area contributed by atoms with Crippen molar-refractivity contribution in [1.29, 1.82) is 0 Å². The van der Waals surface area contributed by atoms with Gasteiger partial charge in [0.25, 0.3) is 5.91 Å². The Bertz CT molecular complexity index is 362. The van der Waals surface area contributed by atoms with Crippen molar-refractivity contribution in [3.8, 4) is 11.5 Å². The minimum absolute atomic E-state index is 0.113. The van der Waals surface area contributed by atoms with Crippen molar-refractivity contribution in [3.05, 3.63) is 23.8 Å². The highest BCUT2D eigenvalue weighted by atomic mass is 32.2. The standard InChI is InChI=1S/C12H17NO3S/c1-17-5-3-2-4-13-12(16)9-6-10(14)8-11(15)7-9/h6-8,14-15H,2-5H2,1H3,(H,13,16). The first-order valence-electron chi connectivity index (χ1n) is 5.43. The van der Waals surface area contributed by atoms with E-state index in [0.29, 0.717) is 6.54 Å². The van der Waals surface area contributed by atoms with Crippen LogP contribution in [0.4, 0.5) is 0 Å². The van der Waals surface area contributed by atoms with Crippen molar-refractivity contribution < 1.29 is 15.0 Å². The van der Waals surface area contributed by atoms with Gasteiger partial charge in [-0.25, -0.2) is 0 Å². The molecule has 0 aliphatic rings. The number of phenolic OH excluding ortho intramolecular Hbond substituents is 2. The zero-order valence-electron chi connectivity index (χ0n) is 9.77. The van der Waals surface area contributed by atoms with E-state index in [0.717, 1.165) is 18.6 Å². The van der Waals surface area contributed by atoms with E-state index in [4.69, 9.17) is 0 Å². The Morgan fingerprint density at radius 3 is 2.47 bits per heavy atom. The highest BCUT2D eigenvalue weighted by Crippen LogP contribution is 2.20. The Hall–Kier alpha value is -1.36. The molecule has 5 heteroatoms.